The fourth-order valence-electron chi connectivity index (χ4n) is 1.17. The molecule has 2 aromatic rings. The van der Waals surface area contributed by atoms with Crippen LogP contribution in [0.1, 0.15) is 0 Å². The van der Waals surface area contributed by atoms with Crippen molar-refractivity contribution in [2.45, 2.75) is 0 Å². The summed E-state index contributed by atoms with van der Waals surface area (Å²) in [4.78, 5) is 3.89. The van der Waals surface area contributed by atoms with Crippen molar-refractivity contribution in [2.24, 2.45) is 10.2 Å². The number of pyridine rings is 1. The number of azo groups is 1. The lowest BCUT2D eigenvalue weighted by molar-refractivity contribution is 0.338. The Bertz CT molecular complexity index is 699. The fraction of sp³-hybridized carbons (Fsp3) is 0. The Morgan fingerprint density at radius 2 is 1.00 bits per heavy atom. The van der Waals surface area contributed by atoms with Crippen LogP contribution in [0.25, 0.3) is 0 Å². The van der Waals surface area contributed by atoms with Gasteiger partial charge >= 0.3 is 29.6 Å². The van der Waals surface area contributed by atoms with E-state index in [1.807, 2.05) is 30.3 Å². The lowest BCUT2D eigenvalue weighted by Gasteiger charge is -1.98. The van der Waals surface area contributed by atoms with Gasteiger partial charge in [0.1, 0.15) is 11.5 Å². The SMILES string of the molecule is Cl.Nc1ccc(N=Nc2ccccc2)c(N)n1.OB(O)F.OB(O)F.OB(O)F.OB(O)F. The molecular weight excluding hydrogens is 485 g/mol. The number of hydrogen-bond acceptors (Lipinski definition) is 13. The van der Waals surface area contributed by atoms with Crippen LogP contribution in [0, 0.1) is 0 Å². The Labute approximate surface area is 192 Å². The number of benzene rings is 1. The minimum Gasteiger partial charge on any atom is -0.398 e. The first-order chi connectivity index (χ1) is 14.7. The van der Waals surface area contributed by atoms with Crippen molar-refractivity contribution in [3.63, 3.8) is 0 Å². The molecule has 0 aliphatic rings. The number of anilines is 2. The second kappa shape index (κ2) is 24.2. The molecule has 1 heterocycles. The van der Waals surface area contributed by atoms with Crippen molar-refractivity contribution in [2.75, 3.05) is 11.5 Å². The van der Waals surface area contributed by atoms with E-state index in [0.717, 1.165) is 5.69 Å². The zero-order chi connectivity index (χ0) is 25.7. The Morgan fingerprint density at radius 1 is 0.636 bits per heavy atom. The molecule has 13 nitrogen and oxygen atoms in total. The third-order valence-electron chi connectivity index (χ3n) is 1.95. The quantitative estimate of drug-likeness (QED) is 0.132. The summed E-state index contributed by atoms with van der Waals surface area (Å²) in [6.07, 6.45) is 0. The van der Waals surface area contributed by atoms with Crippen LogP contribution in [0.3, 0.4) is 0 Å². The number of nitrogens with zero attached hydrogens (tertiary/aromatic N) is 3. The number of nitrogen functional groups attached to an aromatic ring is 2. The molecule has 0 spiro atoms. The lowest BCUT2D eigenvalue weighted by Crippen LogP contribution is -1.98. The average Bonchev–Trinajstić information content (AvgIpc) is 2.60. The van der Waals surface area contributed by atoms with Gasteiger partial charge in [-0.3, -0.25) is 17.3 Å². The molecule has 0 saturated heterocycles. The Morgan fingerprint density at radius 3 is 1.33 bits per heavy atom. The van der Waals surface area contributed by atoms with Crippen LogP contribution in [-0.4, -0.2) is 74.8 Å². The van der Waals surface area contributed by atoms with E-state index in [1.165, 1.54) is 0 Å². The standard InChI is InChI=1S/C11H11N5.4BFH2O2.ClH/c12-10-7-6-9(11(13)14-10)16-15-8-4-2-1-3-5-8;4*2-1(3)4;/h1-7H,(H4,12,13,14);4*3-4H;1H. The Kier molecular flexibility index (Phi) is 27.7. The van der Waals surface area contributed by atoms with Gasteiger partial charge in [-0.15, -0.1) is 17.5 Å². The molecule has 0 saturated carbocycles. The number of aromatic nitrogens is 1. The minimum atomic E-state index is -2.67. The molecule has 0 aliphatic heterocycles. The third-order valence-corrected chi connectivity index (χ3v) is 1.95. The topological polar surface area (TPSA) is 251 Å². The molecule has 0 aliphatic carbocycles. The van der Waals surface area contributed by atoms with Crippen LogP contribution in [0.2, 0.25) is 0 Å². The van der Waals surface area contributed by atoms with Crippen LogP contribution in [0.15, 0.2) is 52.7 Å². The summed E-state index contributed by atoms with van der Waals surface area (Å²) >= 11 is 0. The van der Waals surface area contributed by atoms with E-state index in [2.05, 4.69) is 15.2 Å². The Hall–Kier alpha value is -2.48. The van der Waals surface area contributed by atoms with Gasteiger partial charge in [-0.25, -0.2) is 4.98 Å². The summed E-state index contributed by atoms with van der Waals surface area (Å²) in [5, 5.41) is 63.6. The van der Waals surface area contributed by atoms with Crippen molar-refractivity contribution in [3.05, 3.63) is 42.5 Å². The molecular formula is C11H20B4ClF4N5O8. The van der Waals surface area contributed by atoms with Gasteiger partial charge in [0, 0.05) is 0 Å². The van der Waals surface area contributed by atoms with Gasteiger partial charge in [-0.2, -0.15) is 5.11 Å². The molecule has 0 unspecified atom stereocenters. The largest absolute Gasteiger partial charge is 0.674 e. The van der Waals surface area contributed by atoms with E-state index in [9.17, 15) is 17.3 Å². The zero-order valence-corrected chi connectivity index (χ0v) is 17.2. The van der Waals surface area contributed by atoms with Crippen molar-refractivity contribution < 1.29 is 57.5 Å². The first-order valence-electron chi connectivity index (χ1n) is 7.68. The van der Waals surface area contributed by atoms with Crippen molar-refractivity contribution in [3.8, 4) is 0 Å². The van der Waals surface area contributed by atoms with Gasteiger partial charge in [-0.1, -0.05) is 18.2 Å². The summed E-state index contributed by atoms with van der Waals surface area (Å²) in [5.74, 6) is 0.649. The summed E-state index contributed by atoms with van der Waals surface area (Å²) in [7, 11) is -10.7. The van der Waals surface area contributed by atoms with E-state index < -0.39 is 29.6 Å². The lowest BCUT2D eigenvalue weighted by atomic mass is 10.3. The highest BCUT2D eigenvalue weighted by Crippen LogP contribution is 2.23. The number of rotatable bonds is 2. The molecule has 0 atom stereocenters. The highest BCUT2D eigenvalue weighted by atomic mass is 35.5. The molecule has 0 bridgehead atoms. The number of halogens is 5. The molecule has 12 N–H and O–H groups in total. The van der Waals surface area contributed by atoms with Crippen LogP contribution in [0.4, 0.5) is 40.3 Å². The van der Waals surface area contributed by atoms with E-state index in [0.29, 0.717) is 11.5 Å². The van der Waals surface area contributed by atoms with Gasteiger partial charge in [0.05, 0.1) is 5.69 Å². The summed E-state index contributed by atoms with van der Waals surface area (Å²) in [6, 6.07) is 12.7. The first-order valence-corrected chi connectivity index (χ1v) is 7.68. The molecule has 0 fully saturated rings. The number of hydrogen-bond donors (Lipinski definition) is 10. The summed E-state index contributed by atoms with van der Waals surface area (Å²) in [5.41, 5.74) is 12.4. The fourth-order valence-corrected chi connectivity index (χ4v) is 1.17. The second-order valence-electron chi connectivity index (χ2n) is 4.42. The average molecular weight is 505 g/mol. The summed E-state index contributed by atoms with van der Waals surface area (Å²) < 4.78 is 40.4. The van der Waals surface area contributed by atoms with Gasteiger partial charge in [0.2, 0.25) is 0 Å². The van der Waals surface area contributed by atoms with Gasteiger partial charge < -0.3 is 51.7 Å². The van der Waals surface area contributed by atoms with Crippen molar-refractivity contribution in [1.29, 1.82) is 0 Å². The molecule has 0 amide bonds. The monoisotopic (exact) mass is 505 g/mol. The van der Waals surface area contributed by atoms with E-state index in [4.69, 9.17) is 51.7 Å². The van der Waals surface area contributed by atoms with Gasteiger partial charge in [0.25, 0.3) is 0 Å². The van der Waals surface area contributed by atoms with Gasteiger partial charge in [0.15, 0.2) is 5.82 Å². The van der Waals surface area contributed by atoms with Crippen LogP contribution in [-0.2, 0) is 0 Å². The second-order valence-corrected chi connectivity index (χ2v) is 4.42. The smallest absolute Gasteiger partial charge is 0.398 e. The minimum absolute atomic E-state index is 0. The van der Waals surface area contributed by atoms with Gasteiger partial charge in [-0.05, 0) is 24.3 Å². The maximum atomic E-state index is 10.1. The number of nitrogens with two attached hydrogens (primary N) is 2. The molecule has 2 rings (SSSR count). The third kappa shape index (κ3) is 40.4. The molecule has 33 heavy (non-hydrogen) atoms. The zero-order valence-electron chi connectivity index (χ0n) is 16.3. The predicted octanol–water partition coefficient (Wildman–Crippen LogP) is -1.22. The normalized spacial score (nSPS) is 8.48. The Balaban J connectivity index is -0.000000205. The molecule has 184 valence electrons. The maximum Gasteiger partial charge on any atom is 0.674 e. The summed E-state index contributed by atoms with van der Waals surface area (Å²) in [6.45, 7) is 0. The first kappa shape index (κ1) is 37.8. The maximum absolute atomic E-state index is 10.1. The molecule has 0 radical (unpaired) electrons. The van der Waals surface area contributed by atoms with E-state index in [1.54, 1.807) is 12.1 Å². The van der Waals surface area contributed by atoms with Crippen LogP contribution in [0.5, 0.6) is 0 Å². The van der Waals surface area contributed by atoms with E-state index >= 15 is 0 Å². The predicted molar refractivity (Wildman–Crippen MR) is 116 cm³/mol. The molecule has 1 aromatic carbocycles. The van der Waals surface area contributed by atoms with E-state index in [-0.39, 0.29) is 18.2 Å². The van der Waals surface area contributed by atoms with Crippen molar-refractivity contribution in [1.82, 2.24) is 4.98 Å². The van der Waals surface area contributed by atoms with Crippen molar-refractivity contribution >= 4 is 65.0 Å². The highest BCUT2D eigenvalue weighted by molar-refractivity contribution is 6.32. The molecule has 22 heteroatoms. The van der Waals surface area contributed by atoms with Crippen LogP contribution >= 0.6 is 12.4 Å². The molecule has 1 aromatic heterocycles. The van der Waals surface area contributed by atoms with Crippen LogP contribution < -0.4 is 11.5 Å². The highest BCUT2D eigenvalue weighted by Gasteiger charge is 1.99.